The Morgan fingerprint density at radius 3 is 2.71 bits per heavy atom. The summed E-state index contributed by atoms with van der Waals surface area (Å²) in [4.78, 5) is 37.2. The molecule has 0 saturated heterocycles. The average Bonchev–Trinajstić information content (AvgIpc) is 2.42. The molecular weight excluding hydrogens is 292 g/mol. The van der Waals surface area contributed by atoms with Gasteiger partial charge in [-0.2, -0.15) is 0 Å². The minimum atomic E-state index is -0.431. The Kier molecular flexibility index (Phi) is 6.74. The first-order chi connectivity index (χ1) is 9.93. The summed E-state index contributed by atoms with van der Waals surface area (Å²) in [6, 6.07) is 1.25. The van der Waals surface area contributed by atoms with Crippen molar-refractivity contribution >= 4 is 24.1 Å². The molecule has 6 nitrogen and oxygen atoms in total. The summed E-state index contributed by atoms with van der Waals surface area (Å²) in [5.41, 5.74) is -0.0676. The van der Waals surface area contributed by atoms with Gasteiger partial charge in [0.2, 0.25) is 5.91 Å². The normalized spacial score (nSPS) is 10.1. The summed E-state index contributed by atoms with van der Waals surface area (Å²) in [7, 11) is 0. The topological polar surface area (TPSA) is 81.2 Å². The quantitative estimate of drug-likeness (QED) is 0.361. The molecule has 114 valence electrons. The lowest BCUT2D eigenvalue weighted by atomic mass is 10.2. The Bertz CT molecular complexity index is 617. The van der Waals surface area contributed by atoms with Crippen molar-refractivity contribution in [1.82, 2.24) is 9.55 Å². The van der Waals surface area contributed by atoms with Gasteiger partial charge in [0.15, 0.2) is 4.77 Å². The smallest absolute Gasteiger partial charge is 0.333 e. The Morgan fingerprint density at radius 1 is 1.38 bits per heavy atom. The van der Waals surface area contributed by atoms with Crippen molar-refractivity contribution < 1.29 is 14.3 Å². The third-order valence-corrected chi connectivity index (χ3v) is 3.02. The lowest BCUT2D eigenvalue weighted by Gasteiger charge is -2.05. The SMILES string of the molecule is C=C(C)C(=O)OCCCCCC(=O)n1c(=O)cc[nH]c1=S. The van der Waals surface area contributed by atoms with Crippen LogP contribution in [-0.4, -0.2) is 28.0 Å². The second kappa shape index (κ2) is 8.31. The van der Waals surface area contributed by atoms with E-state index < -0.39 is 11.5 Å². The molecule has 0 unspecified atom stereocenters. The van der Waals surface area contributed by atoms with Crippen molar-refractivity contribution in [2.24, 2.45) is 0 Å². The van der Waals surface area contributed by atoms with E-state index in [1.54, 1.807) is 6.92 Å². The largest absolute Gasteiger partial charge is 0.462 e. The molecule has 1 aromatic rings. The molecule has 1 aromatic heterocycles. The van der Waals surface area contributed by atoms with Gasteiger partial charge >= 0.3 is 5.97 Å². The number of rotatable bonds is 7. The second-order valence-corrected chi connectivity index (χ2v) is 4.96. The van der Waals surface area contributed by atoms with Crippen LogP contribution < -0.4 is 5.56 Å². The van der Waals surface area contributed by atoms with Gasteiger partial charge in [0.1, 0.15) is 0 Å². The molecule has 21 heavy (non-hydrogen) atoms. The maximum absolute atomic E-state index is 11.9. The van der Waals surface area contributed by atoms with E-state index in [1.165, 1.54) is 12.3 Å². The van der Waals surface area contributed by atoms with E-state index in [0.717, 1.165) is 4.57 Å². The molecule has 0 aromatic carbocycles. The van der Waals surface area contributed by atoms with Gasteiger partial charge in [-0.15, -0.1) is 0 Å². The van der Waals surface area contributed by atoms with E-state index in [-0.39, 0.29) is 17.1 Å². The van der Waals surface area contributed by atoms with Gasteiger partial charge in [-0.25, -0.2) is 9.36 Å². The standard InChI is InChI=1S/C14H18N2O4S/c1-10(2)13(19)20-9-5-3-4-6-11(17)16-12(18)7-8-15-14(16)21/h7-8H,1,3-6,9H2,2H3,(H,15,21). The van der Waals surface area contributed by atoms with E-state index in [9.17, 15) is 14.4 Å². The molecule has 0 saturated carbocycles. The molecule has 0 atom stereocenters. The van der Waals surface area contributed by atoms with Crippen LogP contribution in [0, 0.1) is 4.77 Å². The lowest BCUT2D eigenvalue weighted by Crippen LogP contribution is -2.27. The summed E-state index contributed by atoms with van der Waals surface area (Å²) >= 11 is 4.91. The number of aromatic nitrogens is 2. The number of hydrogen-bond donors (Lipinski definition) is 1. The number of esters is 1. The molecule has 0 aliphatic heterocycles. The van der Waals surface area contributed by atoms with Crippen LogP contribution in [0.3, 0.4) is 0 Å². The Labute approximate surface area is 127 Å². The van der Waals surface area contributed by atoms with Crippen LogP contribution >= 0.6 is 12.2 Å². The molecule has 0 aliphatic carbocycles. The highest BCUT2D eigenvalue weighted by atomic mass is 32.1. The van der Waals surface area contributed by atoms with Gasteiger partial charge < -0.3 is 9.72 Å². The molecule has 0 radical (unpaired) electrons. The molecule has 1 rings (SSSR count). The van der Waals surface area contributed by atoms with Crippen LogP contribution in [0.5, 0.6) is 0 Å². The number of nitrogens with zero attached hydrogens (tertiary/aromatic N) is 1. The third-order valence-electron chi connectivity index (χ3n) is 2.72. The predicted molar refractivity (Wildman–Crippen MR) is 80.8 cm³/mol. The zero-order valence-electron chi connectivity index (χ0n) is 11.9. The lowest BCUT2D eigenvalue weighted by molar-refractivity contribution is -0.139. The molecule has 7 heteroatoms. The van der Waals surface area contributed by atoms with Crippen molar-refractivity contribution in [3.05, 3.63) is 39.5 Å². The minimum absolute atomic E-state index is 0.0999. The maximum atomic E-state index is 11.9. The predicted octanol–water partition coefficient (Wildman–Crippen LogP) is 2.23. The van der Waals surface area contributed by atoms with Gasteiger partial charge in [-0.05, 0) is 38.4 Å². The summed E-state index contributed by atoms with van der Waals surface area (Å²) < 4.78 is 5.99. The second-order valence-electron chi connectivity index (χ2n) is 4.58. The summed E-state index contributed by atoms with van der Waals surface area (Å²) in [6.07, 6.45) is 3.59. The van der Waals surface area contributed by atoms with Gasteiger partial charge in [0, 0.05) is 24.3 Å². The van der Waals surface area contributed by atoms with Gasteiger partial charge in [0.25, 0.3) is 5.56 Å². The highest BCUT2D eigenvalue weighted by molar-refractivity contribution is 7.71. The first-order valence-corrected chi connectivity index (χ1v) is 7.01. The monoisotopic (exact) mass is 310 g/mol. The zero-order valence-corrected chi connectivity index (χ0v) is 12.7. The fourth-order valence-corrected chi connectivity index (χ4v) is 1.87. The van der Waals surface area contributed by atoms with E-state index >= 15 is 0 Å². The summed E-state index contributed by atoms with van der Waals surface area (Å²) in [5.74, 6) is -0.742. The number of aromatic amines is 1. The average molecular weight is 310 g/mol. The van der Waals surface area contributed by atoms with Gasteiger partial charge in [-0.3, -0.25) is 9.59 Å². The number of ether oxygens (including phenoxy) is 1. The summed E-state index contributed by atoms with van der Waals surface area (Å²) in [6.45, 7) is 5.36. The molecule has 0 aliphatic rings. The van der Waals surface area contributed by atoms with Crippen LogP contribution in [0.1, 0.15) is 37.4 Å². The molecule has 1 N–H and O–H groups in total. The van der Waals surface area contributed by atoms with Crippen molar-refractivity contribution in [1.29, 1.82) is 0 Å². The fraction of sp³-hybridized carbons (Fsp3) is 0.429. The molecule has 0 amide bonds. The van der Waals surface area contributed by atoms with Crippen molar-refractivity contribution in [2.75, 3.05) is 6.61 Å². The fourth-order valence-electron chi connectivity index (χ4n) is 1.61. The van der Waals surface area contributed by atoms with Crippen LogP contribution in [0.15, 0.2) is 29.2 Å². The number of carbonyl (C=O) groups is 2. The van der Waals surface area contributed by atoms with E-state index in [1.807, 2.05) is 0 Å². The molecule has 0 fully saturated rings. The van der Waals surface area contributed by atoms with Crippen LogP contribution in [-0.2, 0) is 9.53 Å². The van der Waals surface area contributed by atoms with Gasteiger partial charge in [0.05, 0.1) is 6.61 Å². The maximum Gasteiger partial charge on any atom is 0.333 e. The zero-order chi connectivity index (χ0) is 15.8. The highest BCUT2D eigenvalue weighted by Gasteiger charge is 2.08. The Morgan fingerprint density at radius 2 is 2.10 bits per heavy atom. The molecule has 0 bridgehead atoms. The molecule has 0 spiro atoms. The van der Waals surface area contributed by atoms with E-state index in [2.05, 4.69) is 11.6 Å². The van der Waals surface area contributed by atoms with Crippen molar-refractivity contribution in [3.8, 4) is 0 Å². The number of carbonyl (C=O) groups excluding carboxylic acids is 2. The van der Waals surface area contributed by atoms with Crippen LogP contribution in [0.2, 0.25) is 0 Å². The summed E-state index contributed by atoms with van der Waals surface area (Å²) in [5, 5.41) is 0. The number of nitrogens with one attached hydrogen (secondary N) is 1. The van der Waals surface area contributed by atoms with Crippen LogP contribution in [0.25, 0.3) is 0 Å². The molecular formula is C14H18N2O4S. The first kappa shape index (κ1) is 17.0. The number of H-pyrrole nitrogens is 1. The van der Waals surface area contributed by atoms with Gasteiger partial charge in [-0.1, -0.05) is 6.58 Å². The molecule has 1 heterocycles. The number of unbranched alkanes of at least 4 members (excludes halogenated alkanes) is 2. The van der Waals surface area contributed by atoms with Crippen LogP contribution in [0.4, 0.5) is 0 Å². The van der Waals surface area contributed by atoms with Crippen molar-refractivity contribution in [3.63, 3.8) is 0 Å². The van der Waals surface area contributed by atoms with Crippen molar-refractivity contribution in [2.45, 2.75) is 32.6 Å². The Balaban J connectivity index is 2.32. The Hall–Kier alpha value is -2.02. The highest BCUT2D eigenvalue weighted by Crippen LogP contribution is 2.03. The number of hydrogen-bond acceptors (Lipinski definition) is 5. The minimum Gasteiger partial charge on any atom is -0.462 e. The first-order valence-electron chi connectivity index (χ1n) is 6.60. The van der Waals surface area contributed by atoms with E-state index in [4.69, 9.17) is 17.0 Å². The third kappa shape index (κ3) is 5.47. The van der Waals surface area contributed by atoms with E-state index in [0.29, 0.717) is 31.4 Å².